The van der Waals surface area contributed by atoms with E-state index in [0.29, 0.717) is 17.2 Å². The van der Waals surface area contributed by atoms with Crippen molar-refractivity contribution >= 4 is 39.4 Å². The molecule has 0 fully saturated rings. The number of halogens is 3. The largest absolute Gasteiger partial charge is 0.339 e. The molecule has 0 unspecified atom stereocenters. The van der Waals surface area contributed by atoms with Crippen molar-refractivity contribution in [2.45, 2.75) is 13.8 Å². The summed E-state index contributed by atoms with van der Waals surface area (Å²) in [5.41, 5.74) is 2.34. The number of imidazole rings is 1. The van der Waals surface area contributed by atoms with Crippen LogP contribution in [0, 0.1) is 25.5 Å². The predicted molar refractivity (Wildman–Crippen MR) is 103 cm³/mol. The average Bonchev–Trinajstić information content (AvgIpc) is 3.07. The number of aryl methyl sites for hydroxylation is 2. The van der Waals surface area contributed by atoms with Crippen LogP contribution in [0.1, 0.15) is 10.6 Å². The van der Waals surface area contributed by atoms with E-state index in [2.05, 4.69) is 10.3 Å². The lowest BCUT2D eigenvalue weighted by Crippen LogP contribution is -1.99. The van der Waals surface area contributed by atoms with Crippen LogP contribution in [0.5, 0.6) is 0 Å². The first-order valence-electron chi connectivity index (χ1n) is 7.91. The lowest BCUT2D eigenvalue weighted by atomic mass is 10.1. The zero-order valence-electron chi connectivity index (χ0n) is 14.0. The van der Waals surface area contributed by atoms with E-state index in [1.807, 2.05) is 18.2 Å². The number of rotatable bonds is 3. The molecule has 26 heavy (non-hydrogen) atoms. The lowest BCUT2D eigenvalue weighted by Gasteiger charge is -2.11. The number of nitrogens with zero attached hydrogens (tertiary/aromatic N) is 2. The second-order valence-electron chi connectivity index (χ2n) is 5.90. The second-order valence-corrected chi connectivity index (χ2v) is 7.49. The second kappa shape index (κ2) is 6.37. The summed E-state index contributed by atoms with van der Waals surface area (Å²) in [7, 11) is 0. The van der Waals surface area contributed by atoms with Gasteiger partial charge in [-0.3, -0.25) is 4.40 Å². The molecule has 0 spiro atoms. The summed E-state index contributed by atoms with van der Waals surface area (Å²) in [4.78, 5) is 6.47. The Balaban J connectivity index is 1.97. The molecule has 1 N–H and O–H groups in total. The van der Waals surface area contributed by atoms with Crippen molar-refractivity contribution in [3.05, 3.63) is 69.7 Å². The van der Waals surface area contributed by atoms with Crippen LogP contribution in [0.25, 0.3) is 16.2 Å². The van der Waals surface area contributed by atoms with Crippen LogP contribution in [-0.2, 0) is 0 Å². The molecule has 132 valence electrons. The van der Waals surface area contributed by atoms with Gasteiger partial charge in [0.1, 0.15) is 23.1 Å². The van der Waals surface area contributed by atoms with Gasteiger partial charge in [0.05, 0.1) is 10.6 Å². The molecule has 0 saturated carbocycles. The number of hydrogen-bond acceptors (Lipinski definition) is 3. The van der Waals surface area contributed by atoms with Gasteiger partial charge in [0, 0.05) is 16.3 Å². The molecule has 0 amide bonds. The van der Waals surface area contributed by atoms with Gasteiger partial charge in [-0.25, -0.2) is 13.8 Å². The zero-order chi connectivity index (χ0) is 18.4. The van der Waals surface area contributed by atoms with Gasteiger partial charge in [-0.1, -0.05) is 17.7 Å². The third-order valence-corrected chi connectivity index (χ3v) is 5.62. The fourth-order valence-corrected chi connectivity index (χ4v) is 4.05. The molecule has 7 heteroatoms. The van der Waals surface area contributed by atoms with Crippen LogP contribution in [0.2, 0.25) is 5.02 Å². The fraction of sp³-hybridized carbons (Fsp3) is 0.105. The Morgan fingerprint density at radius 3 is 2.50 bits per heavy atom. The van der Waals surface area contributed by atoms with Crippen LogP contribution in [0.3, 0.4) is 0 Å². The monoisotopic (exact) mass is 389 g/mol. The Kier molecular flexibility index (Phi) is 4.17. The SMILES string of the molecule is Cc1sc2nc(-c3c(F)cccc3Cl)c(Nc3ccc(F)cc3)n2c1C. The normalized spacial score (nSPS) is 11.3. The number of thiazole rings is 1. The first-order chi connectivity index (χ1) is 12.5. The molecule has 2 aromatic carbocycles. The highest BCUT2D eigenvalue weighted by Gasteiger charge is 2.22. The molecule has 4 rings (SSSR count). The first kappa shape index (κ1) is 17.0. The smallest absolute Gasteiger partial charge is 0.196 e. The maximum Gasteiger partial charge on any atom is 0.196 e. The molecule has 2 aromatic heterocycles. The molecule has 0 atom stereocenters. The van der Waals surface area contributed by atoms with Gasteiger partial charge in [0.15, 0.2) is 4.96 Å². The van der Waals surface area contributed by atoms with E-state index in [1.54, 1.807) is 24.3 Å². The summed E-state index contributed by atoms with van der Waals surface area (Å²) in [5, 5.41) is 3.53. The summed E-state index contributed by atoms with van der Waals surface area (Å²) < 4.78 is 29.7. The molecule has 4 aromatic rings. The summed E-state index contributed by atoms with van der Waals surface area (Å²) in [6, 6.07) is 10.5. The maximum atomic E-state index is 14.5. The molecule has 0 bridgehead atoms. The molecule has 3 nitrogen and oxygen atoms in total. The highest BCUT2D eigenvalue weighted by Crippen LogP contribution is 2.39. The number of hydrogen-bond donors (Lipinski definition) is 1. The Morgan fingerprint density at radius 1 is 1.08 bits per heavy atom. The summed E-state index contributed by atoms with van der Waals surface area (Å²) in [5.74, 6) is -0.172. The van der Waals surface area contributed by atoms with Crippen LogP contribution in [0.4, 0.5) is 20.3 Å². The summed E-state index contributed by atoms with van der Waals surface area (Å²) >= 11 is 7.78. The molecular formula is C19H14ClF2N3S. The maximum absolute atomic E-state index is 14.5. The van der Waals surface area contributed by atoms with Crippen LogP contribution in [-0.4, -0.2) is 9.38 Å². The van der Waals surface area contributed by atoms with E-state index in [0.717, 1.165) is 15.5 Å². The van der Waals surface area contributed by atoms with Gasteiger partial charge in [-0.15, -0.1) is 11.3 Å². The van der Waals surface area contributed by atoms with Crippen LogP contribution >= 0.6 is 22.9 Å². The number of benzene rings is 2. The third-order valence-electron chi connectivity index (χ3n) is 4.24. The lowest BCUT2D eigenvalue weighted by molar-refractivity contribution is 0.628. The Hall–Kier alpha value is -2.44. The molecular weight excluding hydrogens is 376 g/mol. The van der Waals surface area contributed by atoms with E-state index in [-0.39, 0.29) is 16.4 Å². The van der Waals surface area contributed by atoms with Gasteiger partial charge >= 0.3 is 0 Å². The molecule has 2 heterocycles. The van der Waals surface area contributed by atoms with E-state index >= 15 is 0 Å². The van der Waals surface area contributed by atoms with Crippen LogP contribution < -0.4 is 5.32 Å². The van der Waals surface area contributed by atoms with Gasteiger partial charge in [0.2, 0.25) is 0 Å². The molecule has 0 saturated heterocycles. The average molecular weight is 390 g/mol. The minimum atomic E-state index is -0.445. The quantitative estimate of drug-likeness (QED) is 0.442. The summed E-state index contributed by atoms with van der Waals surface area (Å²) in [6.45, 7) is 3.98. The topological polar surface area (TPSA) is 29.3 Å². The number of aromatic nitrogens is 2. The van der Waals surface area contributed by atoms with Crippen molar-refractivity contribution in [3.8, 4) is 11.3 Å². The van der Waals surface area contributed by atoms with Gasteiger partial charge < -0.3 is 5.32 Å². The highest BCUT2D eigenvalue weighted by molar-refractivity contribution is 7.17. The number of fused-ring (bicyclic) bond motifs is 1. The van der Waals surface area contributed by atoms with Crippen molar-refractivity contribution in [3.63, 3.8) is 0 Å². The number of anilines is 2. The zero-order valence-corrected chi connectivity index (χ0v) is 15.6. The van der Waals surface area contributed by atoms with Crippen molar-refractivity contribution < 1.29 is 8.78 Å². The Labute approximate surface area is 157 Å². The molecule has 0 aliphatic heterocycles. The van der Waals surface area contributed by atoms with Crippen molar-refractivity contribution in [2.24, 2.45) is 0 Å². The van der Waals surface area contributed by atoms with E-state index in [1.165, 1.54) is 29.5 Å². The van der Waals surface area contributed by atoms with Crippen molar-refractivity contribution in [1.82, 2.24) is 9.38 Å². The molecule has 0 aliphatic rings. The van der Waals surface area contributed by atoms with Gasteiger partial charge in [0.25, 0.3) is 0 Å². The standard InChI is InChI=1S/C19H14ClF2N3S/c1-10-11(2)26-19-24-17(16-14(20)4-3-5-15(16)22)18(25(10)19)23-13-8-6-12(21)7-9-13/h3-9,23H,1-2H3. The predicted octanol–water partition coefficient (Wildman–Crippen LogP) is 6.35. The Bertz CT molecular complexity index is 1100. The Morgan fingerprint density at radius 2 is 1.81 bits per heavy atom. The van der Waals surface area contributed by atoms with E-state index < -0.39 is 5.82 Å². The van der Waals surface area contributed by atoms with Gasteiger partial charge in [-0.2, -0.15) is 0 Å². The van der Waals surface area contributed by atoms with E-state index in [9.17, 15) is 8.78 Å². The minimum Gasteiger partial charge on any atom is -0.339 e. The first-order valence-corrected chi connectivity index (χ1v) is 9.10. The van der Waals surface area contributed by atoms with E-state index in [4.69, 9.17) is 11.6 Å². The highest BCUT2D eigenvalue weighted by atomic mass is 35.5. The number of nitrogens with one attached hydrogen (secondary N) is 1. The van der Waals surface area contributed by atoms with Crippen molar-refractivity contribution in [2.75, 3.05) is 5.32 Å². The summed E-state index contributed by atoms with van der Waals surface area (Å²) in [6.07, 6.45) is 0. The van der Waals surface area contributed by atoms with Crippen molar-refractivity contribution in [1.29, 1.82) is 0 Å². The third kappa shape index (κ3) is 2.75. The van der Waals surface area contributed by atoms with Crippen LogP contribution in [0.15, 0.2) is 42.5 Å². The van der Waals surface area contributed by atoms with Gasteiger partial charge in [-0.05, 0) is 50.2 Å². The minimum absolute atomic E-state index is 0.242. The molecule has 0 radical (unpaired) electrons. The molecule has 0 aliphatic carbocycles. The fourth-order valence-electron chi connectivity index (χ4n) is 2.83.